The maximum Gasteiger partial charge on any atom is 0.149 e. The van der Waals surface area contributed by atoms with Crippen LogP contribution in [0.15, 0.2) is 24.4 Å². The Morgan fingerprint density at radius 2 is 2.07 bits per heavy atom. The van der Waals surface area contributed by atoms with Crippen molar-refractivity contribution in [3.05, 3.63) is 35.8 Å². The molecule has 15 heavy (non-hydrogen) atoms. The summed E-state index contributed by atoms with van der Waals surface area (Å²) in [7, 11) is 0. The molecular weight excluding hydrogens is 191 g/mol. The summed E-state index contributed by atoms with van der Waals surface area (Å²) in [5.41, 5.74) is 6.69. The number of nitrogen functional groups attached to an aromatic ring is 1. The van der Waals surface area contributed by atoms with Gasteiger partial charge in [-0.3, -0.25) is 0 Å². The lowest BCUT2D eigenvalue weighted by Crippen LogP contribution is -1.97. The summed E-state index contributed by atoms with van der Waals surface area (Å²) >= 11 is 0. The fraction of sp³-hybridized carbons (Fsp3) is 0.250. The molecule has 0 amide bonds. The molecule has 1 heterocycles. The van der Waals surface area contributed by atoms with Gasteiger partial charge in [0, 0.05) is 10.8 Å². The quantitative estimate of drug-likeness (QED) is 0.775. The van der Waals surface area contributed by atoms with Crippen LogP contribution in [0.25, 0.3) is 10.8 Å². The predicted molar refractivity (Wildman–Crippen MR) is 60.2 cm³/mol. The third-order valence-electron chi connectivity index (χ3n) is 2.55. The van der Waals surface area contributed by atoms with E-state index in [1.807, 2.05) is 26.0 Å². The number of nitrogens with two attached hydrogens (primary N) is 1. The maximum atomic E-state index is 13.7. The first kappa shape index (κ1) is 9.90. The zero-order chi connectivity index (χ0) is 11.0. The Hall–Kier alpha value is -1.64. The normalized spacial score (nSPS) is 11.2. The average molecular weight is 204 g/mol. The number of pyridine rings is 1. The summed E-state index contributed by atoms with van der Waals surface area (Å²) in [4.78, 5) is 3.81. The lowest BCUT2D eigenvalue weighted by molar-refractivity contribution is 0.632. The number of hydrogen-bond donors (Lipinski definition) is 1. The van der Waals surface area contributed by atoms with E-state index in [0.717, 1.165) is 5.56 Å². The molecule has 2 aromatic rings. The van der Waals surface area contributed by atoms with Gasteiger partial charge < -0.3 is 5.73 Å². The first-order valence-electron chi connectivity index (χ1n) is 4.94. The number of hydrogen-bond acceptors (Lipinski definition) is 2. The number of nitrogens with zero attached hydrogens (tertiary/aromatic N) is 1. The van der Waals surface area contributed by atoms with Crippen LogP contribution in [0.2, 0.25) is 0 Å². The van der Waals surface area contributed by atoms with E-state index in [1.54, 1.807) is 6.07 Å². The Kier molecular flexibility index (Phi) is 2.31. The predicted octanol–water partition coefficient (Wildman–Crippen LogP) is 3.08. The Labute approximate surface area is 87.9 Å². The summed E-state index contributed by atoms with van der Waals surface area (Å²) in [5.74, 6) is 0.349. The number of rotatable bonds is 1. The number of anilines is 1. The van der Waals surface area contributed by atoms with E-state index in [0.29, 0.717) is 16.6 Å². The molecule has 0 unspecified atom stereocenters. The van der Waals surface area contributed by atoms with E-state index in [4.69, 9.17) is 5.73 Å². The second kappa shape index (κ2) is 3.50. The topological polar surface area (TPSA) is 38.9 Å². The third kappa shape index (κ3) is 1.54. The molecule has 0 saturated carbocycles. The Bertz CT molecular complexity index is 506. The van der Waals surface area contributed by atoms with Crippen LogP contribution in [0, 0.1) is 5.82 Å². The molecule has 0 fully saturated rings. The van der Waals surface area contributed by atoms with E-state index >= 15 is 0 Å². The fourth-order valence-electron chi connectivity index (χ4n) is 1.79. The highest BCUT2D eigenvalue weighted by molar-refractivity contribution is 5.93. The monoisotopic (exact) mass is 204 g/mol. The van der Waals surface area contributed by atoms with Crippen LogP contribution < -0.4 is 5.73 Å². The van der Waals surface area contributed by atoms with Gasteiger partial charge in [0.2, 0.25) is 0 Å². The standard InChI is InChI=1S/C12H13FN2/c1-7(2)8-4-3-5-9-11(8)10(13)6-15-12(9)14/h3-7H,1-2H3,(H2,14,15). The zero-order valence-electron chi connectivity index (χ0n) is 8.79. The van der Waals surface area contributed by atoms with Gasteiger partial charge in [0.25, 0.3) is 0 Å². The lowest BCUT2D eigenvalue weighted by Gasteiger charge is -2.11. The first-order chi connectivity index (χ1) is 7.11. The van der Waals surface area contributed by atoms with Crippen molar-refractivity contribution in [2.24, 2.45) is 0 Å². The van der Waals surface area contributed by atoms with Gasteiger partial charge in [-0.05, 0) is 11.5 Å². The van der Waals surface area contributed by atoms with Crippen molar-refractivity contribution in [2.45, 2.75) is 19.8 Å². The zero-order valence-corrected chi connectivity index (χ0v) is 8.79. The smallest absolute Gasteiger partial charge is 0.149 e. The summed E-state index contributed by atoms with van der Waals surface area (Å²) < 4.78 is 13.7. The molecule has 0 aliphatic rings. The van der Waals surface area contributed by atoms with Crippen molar-refractivity contribution >= 4 is 16.6 Å². The van der Waals surface area contributed by atoms with Gasteiger partial charge in [-0.15, -0.1) is 0 Å². The third-order valence-corrected chi connectivity index (χ3v) is 2.55. The van der Waals surface area contributed by atoms with Crippen molar-refractivity contribution < 1.29 is 4.39 Å². The summed E-state index contributed by atoms with van der Waals surface area (Å²) in [5, 5.41) is 1.29. The number of aromatic nitrogens is 1. The van der Waals surface area contributed by atoms with E-state index < -0.39 is 0 Å². The molecule has 3 heteroatoms. The molecule has 0 bridgehead atoms. The molecule has 2 nitrogen and oxygen atoms in total. The molecule has 0 atom stereocenters. The molecule has 0 spiro atoms. The van der Waals surface area contributed by atoms with Gasteiger partial charge in [0.15, 0.2) is 0 Å². The molecule has 0 aliphatic heterocycles. The van der Waals surface area contributed by atoms with Gasteiger partial charge in [-0.2, -0.15) is 0 Å². The van der Waals surface area contributed by atoms with Crippen molar-refractivity contribution in [1.29, 1.82) is 0 Å². The molecule has 0 radical (unpaired) electrons. The minimum absolute atomic E-state index is 0.269. The SMILES string of the molecule is CC(C)c1cccc2c(N)ncc(F)c12. The Balaban J connectivity index is 2.90. The van der Waals surface area contributed by atoms with Crippen molar-refractivity contribution in [2.75, 3.05) is 5.73 Å². The summed E-state index contributed by atoms with van der Waals surface area (Å²) in [6, 6.07) is 5.61. The fourth-order valence-corrected chi connectivity index (χ4v) is 1.79. The lowest BCUT2D eigenvalue weighted by atomic mass is 9.96. The second-order valence-corrected chi connectivity index (χ2v) is 3.92. The number of fused-ring (bicyclic) bond motifs is 1. The van der Waals surface area contributed by atoms with Crippen LogP contribution in [-0.4, -0.2) is 4.98 Å². The highest BCUT2D eigenvalue weighted by atomic mass is 19.1. The van der Waals surface area contributed by atoms with E-state index in [1.165, 1.54) is 6.20 Å². The van der Waals surface area contributed by atoms with Crippen LogP contribution in [0.3, 0.4) is 0 Å². The van der Waals surface area contributed by atoms with Crippen molar-refractivity contribution in [1.82, 2.24) is 4.98 Å². The molecule has 0 aliphatic carbocycles. The second-order valence-electron chi connectivity index (χ2n) is 3.92. The van der Waals surface area contributed by atoms with Crippen LogP contribution >= 0.6 is 0 Å². The highest BCUT2D eigenvalue weighted by Crippen LogP contribution is 2.29. The van der Waals surface area contributed by atoms with Gasteiger partial charge in [0.1, 0.15) is 11.6 Å². The van der Waals surface area contributed by atoms with Crippen LogP contribution in [0.1, 0.15) is 25.3 Å². The van der Waals surface area contributed by atoms with E-state index in [2.05, 4.69) is 4.98 Å². The average Bonchev–Trinajstić information content (AvgIpc) is 2.23. The van der Waals surface area contributed by atoms with Gasteiger partial charge >= 0.3 is 0 Å². The van der Waals surface area contributed by atoms with Gasteiger partial charge in [-0.1, -0.05) is 32.0 Å². The minimum Gasteiger partial charge on any atom is -0.383 e. The molecular formula is C12H13FN2. The largest absolute Gasteiger partial charge is 0.383 e. The van der Waals surface area contributed by atoms with E-state index in [9.17, 15) is 4.39 Å². The Morgan fingerprint density at radius 3 is 2.73 bits per heavy atom. The highest BCUT2D eigenvalue weighted by Gasteiger charge is 2.11. The number of halogens is 1. The molecule has 78 valence electrons. The van der Waals surface area contributed by atoms with Crippen LogP contribution in [0.4, 0.5) is 10.2 Å². The molecule has 2 N–H and O–H groups in total. The van der Waals surface area contributed by atoms with E-state index in [-0.39, 0.29) is 11.7 Å². The first-order valence-corrected chi connectivity index (χ1v) is 4.94. The summed E-state index contributed by atoms with van der Waals surface area (Å²) in [6.45, 7) is 4.07. The van der Waals surface area contributed by atoms with Crippen molar-refractivity contribution in [3.8, 4) is 0 Å². The minimum atomic E-state index is -0.302. The maximum absolute atomic E-state index is 13.7. The molecule has 2 rings (SSSR count). The van der Waals surface area contributed by atoms with Crippen LogP contribution in [-0.2, 0) is 0 Å². The summed E-state index contributed by atoms with van der Waals surface area (Å²) in [6.07, 6.45) is 1.18. The Morgan fingerprint density at radius 1 is 1.33 bits per heavy atom. The molecule has 1 aromatic carbocycles. The number of benzene rings is 1. The van der Waals surface area contributed by atoms with Gasteiger partial charge in [-0.25, -0.2) is 9.37 Å². The molecule has 1 aromatic heterocycles. The van der Waals surface area contributed by atoms with Crippen LogP contribution in [0.5, 0.6) is 0 Å². The molecule has 0 saturated heterocycles. The van der Waals surface area contributed by atoms with Gasteiger partial charge in [0.05, 0.1) is 6.20 Å². The van der Waals surface area contributed by atoms with Crippen molar-refractivity contribution in [3.63, 3.8) is 0 Å².